The third-order valence-corrected chi connectivity index (χ3v) is 14.2. The van der Waals surface area contributed by atoms with E-state index in [2.05, 4.69) is 61.2 Å². The molecule has 3 aromatic rings. The van der Waals surface area contributed by atoms with Gasteiger partial charge in [0.25, 0.3) is 17.7 Å². The third kappa shape index (κ3) is 7.44. The molecule has 62 heavy (non-hydrogen) atoms. The van der Waals surface area contributed by atoms with Gasteiger partial charge in [0.05, 0.1) is 29.9 Å². The number of nitriles is 1. The molecule has 0 bridgehead atoms. The molecule has 14 heteroatoms. The maximum Gasteiger partial charge on any atom is 0.266 e. The molecule has 0 spiro atoms. The summed E-state index contributed by atoms with van der Waals surface area (Å²) >= 11 is 0. The molecule has 2 N–H and O–H groups in total. The Labute approximate surface area is 362 Å². The number of hydrogen-bond acceptors (Lipinski definition) is 11. The molecule has 0 radical (unpaired) electrons. The summed E-state index contributed by atoms with van der Waals surface area (Å²) in [4.78, 5) is 70.4. The van der Waals surface area contributed by atoms with Crippen molar-refractivity contribution < 1.29 is 38.2 Å². The lowest BCUT2D eigenvalue weighted by Gasteiger charge is -2.63. The zero-order chi connectivity index (χ0) is 44.4. The Morgan fingerprint density at radius 3 is 2.10 bits per heavy atom. The van der Waals surface area contributed by atoms with Crippen LogP contribution in [-0.2, 0) is 9.59 Å². The molecule has 1 unspecified atom stereocenters. The minimum Gasteiger partial charge on any atom is -0.496 e. The van der Waals surface area contributed by atoms with E-state index < -0.39 is 29.7 Å². The van der Waals surface area contributed by atoms with E-state index in [1.54, 1.807) is 12.1 Å². The molecule has 3 aromatic carbocycles. The molecule has 0 aromatic heterocycles. The molecule has 5 aliphatic rings. The summed E-state index contributed by atoms with van der Waals surface area (Å²) in [6, 6.07) is 16.8. The van der Waals surface area contributed by atoms with Crippen molar-refractivity contribution in [2.75, 3.05) is 32.1 Å². The number of ether oxygens (including phenoxy) is 3. The fourth-order valence-corrected chi connectivity index (χ4v) is 10.9. The predicted octanol–water partition coefficient (Wildman–Crippen LogP) is 5.71. The monoisotopic (exact) mass is 844 g/mol. The third-order valence-electron chi connectivity index (χ3n) is 14.2. The minimum absolute atomic E-state index is 0.0439. The molecular weight excluding hydrogens is 789 g/mol. The van der Waals surface area contributed by atoms with E-state index in [1.165, 1.54) is 7.11 Å². The van der Waals surface area contributed by atoms with E-state index >= 15 is 0 Å². The largest absolute Gasteiger partial charge is 0.496 e. The number of amides is 5. The Morgan fingerprint density at radius 1 is 0.871 bits per heavy atom. The lowest BCUT2D eigenvalue weighted by Crippen LogP contribution is -2.74. The van der Waals surface area contributed by atoms with E-state index in [-0.39, 0.29) is 64.7 Å². The molecule has 3 aliphatic heterocycles. The maximum absolute atomic E-state index is 13.6. The second kappa shape index (κ2) is 16.1. The Morgan fingerprint density at radius 2 is 1.50 bits per heavy atom. The van der Waals surface area contributed by atoms with Gasteiger partial charge >= 0.3 is 0 Å². The number of nitrogens with one attached hydrogen (secondary N) is 2. The number of nitrogens with zero attached hydrogens (tertiary/aromatic N) is 4. The molecule has 2 saturated heterocycles. The van der Waals surface area contributed by atoms with Crippen molar-refractivity contribution in [1.29, 1.82) is 5.26 Å². The SMILES string of the molecule is COc1cc(OC2CC(N(C)C3CCN(c4ccc(C(=O)NC5C(C)(C)C(Oc6cc(C)c(C#N)c(C)c6)C5(C)C)cc4)CC3)C2)cc2c1C(=O)N(C1CCC(=O)NC1=O)C2=O. The van der Waals surface area contributed by atoms with Crippen LogP contribution in [0.15, 0.2) is 48.5 Å². The fraction of sp³-hybridized carbons (Fsp3) is 0.500. The highest BCUT2D eigenvalue weighted by molar-refractivity contribution is 6.24. The van der Waals surface area contributed by atoms with Crippen LogP contribution in [-0.4, -0.2) is 103 Å². The highest BCUT2D eigenvalue weighted by Gasteiger charge is 2.64. The number of methoxy groups -OCH3 is 1. The molecule has 1 atom stereocenters. The molecule has 5 amide bonds. The fourth-order valence-electron chi connectivity index (χ4n) is 10.9. The van der Waals surface area contributed by atoms with Crippen molar-refractivity contribution in [3.8, 4) is 23.3 Å². The highest BCUT2D eigenvalue weighted by Crippen LogP contribution is 2.55. The standard InChI is InChI=1S/C48H56N6O8/c1-26-19-32(20-27(2)36(26)25-49)62-46-47(3,4)45(48(46,5)6)51-41(56)28-9-11-30(12-10-28)53-17-15-29(16-18-53)52(7)31-21-33(22-31)61-34-23-35-40(38(24-34)60-8)44(59)54(43(35)58)37-13-14-39(55)50-42(37)57/h9-12,19-20,23-24,29,31,33,37,45-46H,13-18,21-22H2,1-8H3,(H,51,56)(H,50,55,57). The molecular formula is C48H56N6O8. The number of rotatable bonds is 11. The Kier molecular flexibility index (Phi) is 11.1. The minimum atomic E-state index is -1.06. The number of piperidine rings is 2. The molecule has 2 aliphatic carbocycles. The topological polar surface area (TPSA) is 171 Å². The van der Waals surface area contributed by atoms with Gasteiger partial charge in [-0.15, -0.1) is 0 Å². The zero-order valence-corrected chi connectivity index (χ0v) is 36.8. The average Bonchev–Trinajstić information content (AvgIpc) is 3.47. The summed E-state index contributed by atoms with van der Waals surface area (Å²) in [7, 11) is 3.60. The van der Waals surface area contributed by atoms with Crippen molar-refractivity contribution in [2.45, 2.75) is 116 Å². The van der Waals surface area contributed by atoms with Gasteiger partial charge in [0, 0.05) is 78.6 Å². The van der Waals surface area contributed by atoms with Crippen LogP contribution in [0.4, 0.5) is 5.69 Å². The van der Waals surface area contributed by atoms with Crippen molar-refractivity contribution in [3.63, 3.8) is 0 Å². The summed E-state index contributed by atoms with van der Waals surface area (Å²) in [5, 5.41) is 15.0. The van der Waals surface area contributed by atoms with Gasteiger partial charge < -0.3 is 29.3 Å². The van der Waals surface area contributed by atoms with Gasteiger partial charge in [-0.2, -0.15) is 5.26 Å². The van der Waals surface area contributed by atoms with Crippen LogP contribution in [0.25, 0.3) is 0 Å². The number of carbonyl (C=O) groups excluding carboxylic acids is 5. The summed E-state index contributed by atoms with van der Waals surface area (Å²) in [5.41, 5.74) is 3.73. The number of anilines is 1. The van der Waals surface area contributed by atoms with E-state index in [4.69, 9.17) is 14.2 Å². The van der Waals surface area contributed by atoms with Gasteiger partial charge in [-0.3, -0.25) is 34.2 Å². The second-order valence-electron chi connectivity index (χ2n) is 18.9. The van der Waals surface area contributed by atoms with E-state index in [9.17, 15) is 29.2 Å². The van der Waals surface area contributed by atoms with Crippen LogP contribution in [0.2, 0.25) is 0 Å². The first-order chi connectivity index (χ1) is 29.4. The summed E-state index contributed by atoms with van der Waals surface area (Å²) in [6.45, 7) is 14.2. The van der Waals surface area contributed by atoms with E-state index in [0.29, 0.717) is 29.0 Å². The van der Waals surface area contributed by atoms with Gasteiger partial charge in [0.1, 0.15) is 35.5 Å². The number of fused-ring (bicyclic) bond motifs is 1. The van der Waals surface area contributed by atoms with Crippen molar-refractivity contribution >= 4 is 35.2 Å². The Balaban J connectivity index is 0.809. The van der Waals surface area contributed by atoms with Gasteiger partial charge in [-0.1, -0.05) is 27.7 Å². The normalized spacial score (nSPS) is 25.3. The van der Waals surface area contributed by atoms with Gasteiger partial charge in [0.2, 0.25) is 11.8 Å². The van der Waals surface area contributed by atoms with Crippen molar-refractivity contribution in [2.24, 2.45) is 10.8 Å². The summed E-state index contributed by atoms with van der Waals surface area (Å²) < 4.78 is 18.4. The number of aryl methyl sites for hydroxylation is 2. The number of hydrogen-bond donors (Lipinski definition) is 2. The lowest BCUT2D eigenvalue weighted by atomic mass is 9.49. The first-order valence-electron chi connectivity index (χ1n) is 21.6. The highest BCUT2D eigenvalue weighted by atomic mass is 16.5. The van der Waals surface area contributed by atoms with E-state index in [1.807, 2.05) is 50.2 Å². The number of benzene rings is 3. The average molecular weight is 845 g/mol. The Bertz CT molecular complexity index is 2330. The van der Waals surface area contributed by atoms with Crippen LogP contribution in [0.5, 0.6) is 17.2 Å². The molecule has 4 fully saturated rings. The quantitative estimate of drug-likeness (QED) is 0.227. The van der Waals surface area contributed by atoms with E-state index in [0.717, 1.165) is 66.2 Å². The zero-order valence-electron chi connectivity index (χ0n) is 36.8. The van der Waals surface area contributed by atoms with Crippen LogP contribution in [0.1, 0.15) is 114 Å². The van der Waals surface area contributed by atoms with Gasteiger partial charge in [0.15, 0.2) is 0 Å². The van der Waals surface area contributed by atoms with Crippen molar-refractivity contribution in [1.82, 2.24) is 20.4 Å². The molecule has 2 saturated carbocycles. The summed E-state index contributed by atoms with van der Waals surface area (Å²) in [6.07, 6.45) is 3.54. The summed E-state index contributed by atoms with van der Waals surface area (Å²) in [5.74, 6) is -1.05. The van der Waals surface area contributed by atoms with Crippen LogP contribution < -0.4 is 29.7 Å². The molecule has 8 rings (SSSR count). The first kappa shape index (κ1) is 42.7. The van der Waals surface area contributed by atoms with Gasteiger partial charge in [-0.05, 0) is 93.7 Å². The maximum atomic E-state index is 13.6. The van der Waals surface area contributed by atoms with Crippen LogP contribution in [0, 0.1) is 36.0 Å². The first-order valence-corrected chi connectivity index (χ1v) is 21.6. The van der Waals surface area contributed by atoms with Crippen LogP contribution in [0.3, 0.4) is 0 Å². The van der Waals surface area contributed by atoms with Crippen LogP contribution >= 0.6 is 0 Å². The van der Waals surface area contributed by atoms with Crippen molar-refractivity contribution in [3.05, 3.63) is 81.9 Å². The number of imide groups is 2. The molecule has 3 heterocycles. The predicted molar refractivity (Wildman–Crippen MR) is 230 cm³/mol. The lowest BCUT2D eigenvalue weighted by molar-refractivity contribution is -0.164. The van der Waals surface area contributed by atoms with Gasteiger partial charge in [-0.25, -0.2) is 0 Å². The molecule has 326 valence electrons. The second-order valence-corrected chi connectivity index (χ2v) is 18.9. The number of carbonyl (C=O) groups is 5. The Hall–Kier alpha value is -5.94. The molecule has 14 nitrogen and oxygen atoms in total. The smallest absolute Gasteiger partial charge is 0.266 e.